The molecule has 1 heterocycles. The molecule has 0 aliphatic carbocycles. The molecule has 0 spiro atoms. The maximum absolute atomic E-state index is 11.2. The molecule has 0 radical (unpaired) electrons. The van der Waals surface area contributed by atoms with Gasteiger partial charge in [0.05, 0.1) is 6.61 Å². The number of hydrogen-bond donors (Lipinski definition) is 0. The summed E-state index contributed by atoms with van der Waals surface area (Å²) in [4.78, 5) is 26.6. The highest BCUT2D eigenvalue weighted by molar-refractivity contribution is 5.73. The lowest BCUT2D eigenvalue weighted by molar-refractivity contribution is -0.143. The standard InChI is InChI=1S/C14H26N2O3/c1-3-19-14(18)7-5-4-6-8-15-9-11-16(12-10-15)13(2)17/h3-12H2,1-2H3. The van der Waals surface area contributed by atoms with E-state index in [2.05, 4.69) is 4.90 Å². The summed E-state index contributed by atoms with van der Waals surface area (Å²) < 4.78 is 4.89. The van der Waals surface area contributed by atoms with Crippen LogP contribution in [0.3, 0.4) is 0 Å². The van der Waals surface area contributed by atoms with E-state index in [0.29, 0.717) is 13.0 Å². The number of piperazine rings is 1. The fourth-order valence-corrected chi connectivity index (χ4v) is 2.30. The Kier molecular flexibility index (Phi) is 7.48. The summed E-state index contributed by atoms with van der Waals surface area (Å²) in [7, 11) is 0. The summed E-state index contributed by atoms with van der Waals surface area (Å²) in [5.41, 5.74) is 0. The summed E-state index contributed by atoms with van der Waals surface area (Å²) in [6.07, 6.45) is 3.61. The highest BCUT2D eigenvalue weighted by atomic mass is 16.5. The number of nitrogens with zero attached hydrogens (tertiary/aromatic N) is 2. The van der Waals surface area contributed by atoms with E-state index < -0.39 is 0 Å². The van der Waals surface area contributed by atoms with E-state index in [1.807, 2.05) is 11.8 Å². The minimum atomic E-state index is -0.0856. The van der Waals surface area contributed by atoms with Crippen LogP contribution in [0.25, 0.3) is 0 Å². The van der Waals surface area contributed by atoms with Crippen LogP contribution in [0.1, 0.15) is 39.5 Å². The Hall–Kier alpha value is -1.10. The van der Waals surface area contributed by atoms with Crippen molar-refractivity contribution in [2.45, 2.75) is 39.5 Å². The molecule has 5 heteroatoms. The average molecular weight is 270 g/mol. The SMILES string of the molecule is CCOC(=O)CCCCCN1CCN(C(C)=O)CC1. The first-order valence-corrected chi connectivity index (χ1v) is 7.27. The lowest BCUT2D eigenvalue weighted by Crippen LogP contribution is -2.48. The van der Waals surface area contributed by atoms with Gasteiger partial charge in [0.1, 0.15) is 0 Å². The number of ether oxygens (including phenoxy) is 1. The predicted octanol–water partition coefficient (Wildman–Crippen LogP) is 1.27. The molecule has 1 aliphatic rings. The molecular weight excluding hydrogens is 244 g/mol. The smallest absolute Gasteiger partial charge is 0.305 e. The van der Waals surface area contributed by atoms with Crippen molar-refractivity contribution in [3.63, 3.8) is 0 Å². The molecule has 1 saturated heterocycles. The second-order valence-corrected chi connectivity index (χ2v) is 4.96. The fourth-order valence-electron chi connectivity index (χ4n) is 2.30. The number of unbranched alkanes of at least 4 members (excludes halogenated alkanes) is 2. The third-order valence-corrected chi connectivity index (χ3v) is 3.48. The zero-order valence-electron chi connectivity index (χ0n) is 12.2. The van der Waals surface area contributed by atoms with E-state index in [4.69, 9.17) is 4.74 Å². The zero-order valence-corrected chi connectivity index (χ0v) is 12.2. The van der Waals surface area contributed by atoms with Gasteiger partial charge in [0.15, 0.2) is 0 Å². The van der Waals surface area contributed by atoms with Crippen molar-refractivity contribution in [1.29, 1.82) is 0 Å². The van der Waals surface area contributed by atoms with Crippen molar-refractivity contribution in [3.05, 3.63) is 0 Å². The molecule has 0 bridgehead atoms. The quantitative estimate of drug-likeness (QED) is 0.516. The molecule has 1 aliphatic heterocycles. The van der Waals surface area contributed by atoms with E-state index in [0.717, 1.165) is 52.0 Å². The van der Waals surface area contributed by atoms with E-state index in [-0.39, 0.29) is 11.9 Å². The lowest BCUT2D eigenvalue weighted by atomic mass is 10.2. The Balaban J connectivity index is 1.99. The third kappa shape index (κ3) is 6.57. The van der Waals surface area contributed by atoms with Gasteiger partial charge in [-0.2, -0.15) is 0 Å². The molecule has 1 amide bonds. The predicted molar refractivity (Wildman–Crippen MR) is 73.8 cm³/mol. The molecule has 1 rings (SSSR count). The molecule has 0 aromatic heterocycles. The molecule has 0 aromatic rings. The molecule has 110 valence electrons. The van der Waals surface area contributed by atoms with Crippen LogP contribution in [-0.2, 0) is 14.3 Å². The molecule has 0 saturated carbocycles. The highest BCUT2D eigenvalue weighted by Crippen LogP contribution is 2.06. The van der Waals surface area contributed by atoms with Crippen molar-refractivity contribution in [3.8, 4) is 0 Å². The number of rotatable bonds is 7. The summed E-state index contributed by atoms with van der Waals surface area (Å²) in [6.45, 7) is 8.63. The fraction of sp³-hybridized carbons (Fsp3) is 0.857. The van der Waals surface area contributed by atoms with Crippen LogP contribution < -0.4 is 0 Å². The maximum Gasteiger partial charge on any atom is 0.305 e. The minimum Gasteiger partial charge on any atom is -0.466 e. The number of amides is 1. The first-order valence-electron chi connectivity index (χ1n) is 7.27. The number of esters is 1. The molecule has 1 fully saturated rings. The number of carbonyl (C=O) groups excluding carboxylic acids is 2. The van der Waals surface area contributed by atoms with Crippen molar-refractivity contribution in [2.75, 3.05) is 39.3 Å². The second-order valence-electron chi connectivity index (χ2n) is 4.96. The van der Waals surface area contributed by atoms with Crippen LogP contribution >= 0.6 is 0 Å². The van der Waals surface area contributed by atoms with Crippen molar-refractivity contribution in [2.24, 2.45) is 0 Å². The molecule has 0 N–H and O–H groups in total. The van der Waals surface area contributed by atoms with Gasteiger partial charge in [-0.05, 0) is 26.3 Å². The molecule has 5 nitrogen and oxygen atoms in total. The average Bonchev–Trinajstić information content (AvgIpc) is 2.39. The first-order chi connectivity index (χ1) is 9.13. The van der Waals surface area contributed by atoms with Crippen LogP contribution in [0.4, 0.5) is 0 Å². The van der Waals surface area contributed by atoms with Gasteiger partial charge in [0.25, 0.3) is 0 Å². The Morgan fingerprint density at radius 3 is 2.32 bits per heavy atom. The summed E-state index contributed by atoms with van der Waals surface area (Å²) in [6, 6.07) is 0. The van der Waals surface area contributed by atoms with E-state index in [1.165, 1.54) is 0 Å². The Morgan fingerprint density at radius 2 is 1.74 bits per heavy atom. The van der Waals surface area contributed by atoms with Crippen molar-refractivity contribution in [1.82, 2.24) is 9.80 Å². The number of carbonyl (C=O) groups is 2. The zero-order chi connectivity index (χ0) is 14.1. The van der Waals surface area contributed by atoms with Gasteiger partial charge < -0.3 is 9.64 Å². The molecule has 0 unspecified atom stereocenters. The van der Waals surface area contributed by atoms with Gasteiger partial charge in [0, 0.05) is 39.5 Å². The Labute approximate surface area is 115 Å². The minimum absolute atomic E-state index is 0.0856. The van der Waals surface area contributed by atoms with Gasteiger partial charge in [-0.15, -0.1) is 0 Å². The maximum atomic E-state index is 11.2. The van der Waals surface area contributed by atoms with E-state index in [1.54, 1.807) is 6.92 Å². The normalized spacial score (nSPS) is 16.4. The van der Waals surface area contributed by atoms with Gasteiger partial charge in [-0.3, -0.25) is 14.5 Å². The molecule has 0 aromatic carbocycles. The van der Waals surface area contributed by atoms with Gasteiger partial charge in [0.2, 0.25) is 5.91 Å². The topological polar surface area (TPSA) is 49.9 Å². The van der Waals surface area contributed by atoms with Crippen LogP contribution in [0.2, 0.25) is 0 Å². The third-order valence-electron chi connectivity index (χ3n) is 3.48. The van der Waals surface area contributed by atoms with Crippen LogP contribution in [0, 0.1) is 0 Å². The van der Waals surface area contributed by atoms with Crippen molar-refractivity contribution >= 4 is 11.9 Å². The van der Waals surface area contributed by atoms with E-state index >= 15 is 0 Å². The largest absolute Gasteiger partial charge is 0.466 e. The second kappa shape index (κ2) is 8.91. The lowest BCUT2D eigenvalue weighted by Gasteiger charge is -2.34. The van der Waals surface area contributed by atoms with Gasteiger partial charge in [-0.25, -0.2) is 0 Å². The molecule has 0 atom stereocenters. The summed E-state index contributed by atoms with van der Waals surface area (Å²) >= 11 is 0. The summed E-state index contributed by atoms with van der Waals surface area (Å²) in [5, 5.41) is 0. The Bertz CT molecular complexity index is 286. The van der Waals surface area contributed by atoms with Crippen molar-refractivity contribution < 1.29 is 14.3 Å². The number of hydrogen-bond acceptors (Lipinski definition) is 4. The van der Waals surface area contributed by atoms with Gasteiger partial charge >= 0.3 is 5.97 Å². The van der Waals surface area contributed by atoms with Crippen LogP contribution in [0.15, 0.2) is 0 Å². The molecule has 19 heavy (non-hydrogen) atoms. The highest BCUT2D eigenvalue weighted by Gasteiger charge is 2.17. The van der Waals surface area contributed by atoms with Gasteiger partial charge in [-0.1, -0.05) is 6.42 Å². The van der Waals surface area contributed by atoms with Crippen LogP contribution in [-0.4, -0.2) is 61.0 Å². The monoisotopic (exact) mass is 270 g/mol. The van der Waals surface area contributed by atoms with Crippen LogP contribution in [0.5, 0.6) is 0 Å². The summed E-state index contributed by atoms with van der Waals surface area (Å²) in [5.74, 6) is 0.0895. The Morgan fingerprint density at radius 1 is 1.05 bits per heavy atom. The molecular formula is C14H26N2O3. The van der Waals surface area contributed by atoms with E-state index in [9.17, 15) is 9.59 Å². The first kappa shape index (κ1) is 16.0.